The molecule has 6 heteroatoms. The Balaban J connectivity index is 1.93. The molecular weight excluding hydrogens is 478 g/mol. The summed E-state index contributed by atoms with van der Waals surface area (Å²) in [7, 11) is 0. The fourth-order valence-corrected chi connectivity index (χ4v) is 3.84. The van der Waals surface area contributed by atoms with Crippen molar-refractivity contribution in [3.63, 3.8) is 0 Å². The lowest BCUT2D eigenvalue weighted by Crippen LogP contribution is -2.31. The Morgan fingerprint density at radius 3 is 2.55 bits per heavy atom. The van der Waals surface area contributed by atoms with E-state index in [4.69, 9.17) is 4.98 Å². The quantitative estimate of drug-likeness (QED) is 0.245. The zero-order valence-corrected chi connectivity index (χ0v) is 20.6. The molecule has 0 radical (unpaired) electrons. The maximum absolute atomic E-state index is 12.9. The number of hydrogen-bond acceptors (Lipinski definition) is 4. The number of aromatic nitrogens is 2. The van der Waals surface area contributed by atoms with Gasteiger partial charge in [-0.2, -0.15) is 0 Å². The van der Waals surface area contributed by atoms with Crippen molar-refractivity contribution in [2.24, 2.45) is 5.41 Å². The van der Waals surface area contributed by atoms with Gasteiger partial charge in [0.2, 0.25) is 0 Å². The monoisotopic (exact) mass is 503 g/mol. The van der Waals surface area contributed by atoms with Crippen molar-refractivity contribution < 1.29 is 5.11 Å². The van der Waals surface area contributed by atoms with Crippen molar-refractivity contribution in [1.29, 1.82) is 0 Å². The number of aliphatic hydroxyl groups excluding tert-OH is 1. The first-order chi connectivity index (χ1) is 15.6. The van der Waals surface area contributed by atoms with Crippen LogP contribution in [-0.4, -0.2) is 21.1 Å². The Labute approximate surface area is 201 Å². The van der Waals surface area contributed by atoms with E-state index in [2.05, 4.69) is 65.8 Å². The third-order valence-corrected chi connectivity index (χ3v) is 6.40. The Bertz CT molecular complexity index is 1440. The van der Waals surface area contributed by atoms with Gasteiger partial charge in [0.1, 0.15) is 11.9 Å². The van der Waals surface area contributed by atoms with Gasteiger partial charge >= 0.3 is 0 Å². The van der Waals surface area contributed by atoms with Gasteiger partial charge in [0.15, 0.2) is 0 Å². The summed E-state index contributed by atoms with van der Waals surface area (Å²) in [5.41, 5.74) is 1.54. The molecule has 168 valence electrons. The minimum Gasteiger partial charge on any atom is -0.376 e. The SMILES string of the molecule is CC(Nc1nc2c(C#C[C@H](O)c3ccccc3)c[nH]c(=O)c2c2cc(Br)ccc12)C(C)(C)C. The molecule has 0 spiro atoms. The highest BCUT2D eigenvalue weighted by molar-refractivity contribution is 9.10. The number of fused-ring (bicyclic) bond motifs is 3. The van der Waals surface area contributed by atoms with Gasteiger partial charge in [-0.25, -0.2) is 4.98 Å². The maximum Gasteiger partial charge on any atom is 0.258 e. The van der Waals surface area contributed by atoms with Crippen LogP contribution in [0.1, 0.15) is 44.9 Å². The number of H-pyrrole nitrogens is 1. The van der Waals surface area contributed by atoms with Crippen LogP contribution < -0.4 is 10.9 Å². The average Bonchev–Trinajstić information content (AvgIpc) is 2.78. The first kappa shape index (κ1) is 23.0. The molecule has 2 aromatic heterocycles. The number of pyridine rings is 2. The van der Waals surface area contributed by atoms with Crippen LogP contribution in [0.3, 0.4) is 0 Å². The fraction of sp³-hybridized carbons (Fsp3) is 0.259. The zero-order valence-electron chi connectivity index (χ0n) is 19.0. The van der Waals surface area contributed by atoms with E-state index in [0.717, 1.165) is 15.2 Å². The predicted octanol–water partition coefficient (Wildman–Crippen LogP) is 5.77. The van der Waals surface area contributed by atoms with Gasteiger partial charge < -0.3 is 15.4 Å². The molecule has 4 aromatic rings. The normalized spacial score (nSPS) is 13.4. The number of anilines is 1. The molecule has 0 aliphatic rings. The van der Waals surface area contributed by atoms with Crippen LogP contribution in [-0.2, 0) is 0 Å². The van der Waals surface area contributed by atoms with Crippen LogP contribution in [0.2, 0.25) is 0 Å². The van der Waals surface area contributed by atoms with E-state index in [9.17, 15) is 9.90 Å². The van der Waals surface area contributed by atoms with Gasteiger partial charge in [0, 0.05) is 27.5 Å². The van der Waals surface area contributed by atoms with Crippen LogP contribution in [0.25, 0.3) is 21.7 Å². The van der Waals surface area contributed by atoms with Gasteiger partial charge in [-0.15, -0.1) is 0 Å². The van der Waals surface area contributed by atoms with E-state index in [-0.39, 0.29) is 17.0 Å². The van der Waals surface area contributed by atoms with E-state index in [0.29, 0.717) is 27.8 Å². The molecular formula is C27H26BrN3O2. The average molecular weight is 504 g/mol. The molecule has 0 aliphatic carbocycles. The molecule has 5 nitrogen and oxygen atoms in total. The fourth-order valence-electron chi connectivity index (χ4n) is 3.48. The number of nitrogens with one attached hydrogen (secondary N) is 2. The lowest BCUT2D eigenvalue weighted by atomic mass is 9.88. The number of nitrogens with zero attached hydrogens (tertiary/aromatic N) is 1. The largest absolute Gasteiger partial charge is 0.376 e. The second kappa shape index (κ2) is 9.01. The Morgan fingerprint density at radius 2 is 1.85 bits per heavy atom. The molecule has 0 saturated carbocycles. The molecule has 0 fully saturated rings. The summed E-state index contributed by atoms with van der Waals surface area (Å²) in [5.74, 6) is 6.61. The number of rotatable bonds is 3. The summed E-state index contributed by atoms with van der Waals surface area (Å²) in [5, 5.41) is 16.2. The van der Waals surface area contributed by atoms with Crippen LogP contribution in [0.5, 0.6) is 0 Å². The van der Waals surface area contributed by atoms with Gasteiger partial charge in [-0.1, -0.05) is 78.9 Å². The van der Waals surface area contributed by atoms with Crippen LogP contribution in [0.4, 0.5) is 5.82 Å². The van der Waals surface area contributed by atoms with Gasteiger partial charge in [0.05, 0.1) is 16.5 Å². The van der Waals surface area contributed by atoms with Crippen molar-refractivity contribution in [2.75, 3.05) is 5.32 Å². The van der Waals surface area contributed by atoms with Crippen molar-refractivity contribution in [3.8, 4) is 11.8 Å². The first-order valence-corrected chi connectivity index (χ1v) is 11.6. The third kappa shape index (κ3) is 4.80. The van der Waals surface area contributed by atoms with Gasteiger partial charge in [-0.05, 0) is 36.1 Å². The van der Waals surface area contributed by atoms with E-state index < -0.39 is 6.10 Å². The molecule has 2 aromatic carbocycles. The number of benzene rings is 2. The smallest absolute Gasteiger partial charge is 0.258 e. The third-order valence-electron chi connectivity index (χ3n) is 5.91. The van der Waals surface area contributed by atoms with Crippen molar-refractivity contribution in [3.05, 3.63) is 80.7 Å². The van der Waals surface area contributed by atoms with E-state index in [1.165, 1.54) is 0 Å². The second-order valence-electron chi connectivity index (χ2n) is 9.22. The lowest BCUT2D eigenvalue weighted by molar-refractivity contribution is 0.238. The first-order valence-electron chi connectivity index (χ1n) is 10.8. The van der Waals surface area contributed by atoms with Crippen molar-refractivity contribution in [2.45, 2.75) is 39.8 Å². The van der Waals surface area contributed by atoms with Gasteiger partial charge in [-0.3, -0.25) is 4.79 Å². The molecule has 2 atom stereocenters. The molecule has 0 bridgehead atoms. The molecule has 1 unspecified atom stereocenters. The molecule has 3 N–H and O–H groups in total. The number of aromatic amines is 1. The van der Waals surface area contributed by atoms with E-state index in [1.807, 2.05) is 48.5 Å². The minimum atomic E-state index is -0.943. The lowest BCUT2D eigenvalue weighted by Gasteiger charge is -2.29. The van der Waals surface area contributed by atoms with E-state index in [1.54, 1.807) is 6.20 Å². The maximum atomic E-state index is 12.9. The number of halogens is 1. The van der Waals surface area contributed by atoms with Gasteiger partial charge in [0.25, 0.3) is 5.56 Å². The van der Waals surface area contributed by atoms with Crippen LogP contribution in [0.15, 0.2) is 64.0 Å². The second-order valence-corrected chi connectivity index (χ2v) is 10.1. The summed E-state index contributed by atoms with van der Waals surface area (Å²) in [6.07, 6.45) is 0.615. The zero-order chi connectivity index (χ0) is 23.8. The standard InChI is InChI=1S/C27H26BrN3O2/c1-16(27(2,3)4)30-25-20-12-11-19(28)14-21(20)23-24(31-25)18(15-29-26(23)33)10-13-22(32)17-8-6-5-7-9-17/h5-9,11-12,14-16,22,32H,1-4H3,(H,29,33)(H,30,31)/t16?,22-/m0/s1. The molecule has 0 aliphatic heterocycles. The van der Waals surface area contributed by atoms with E-state index >= 15 is 0 Å². The summed E-state index contributed by atoms with van der Waals surface area (Å²) in [6.45, 7) is 8.61. The molecule has 33 heavy (non-hydrogen) atoms. The number of hydrogen-bond donors (Lipinski definition) is 3. The number of aliphatic hydroxyl groups is 1. The highest BCUT2D eigenvalue weighted by atomic mass is 79.9. The summed E-state index contributed by atoms with van der Waals surface area (Å²) in [6, 6.07) is 15.2. The molecule has 0 saturated heterocycles. The highest BCUT2D eigenvalue weighted by Crippen LogP contribution is 2.33. The summed E-state index contributed by atoms with van der Waals surface area (Å²) in [4.78, 5) is 20.5. The van der Waals surface area contributed by atoms with Crippen LogP contribution >= 0.6 is 15.9 Å². The van der Waals surface area contributed by atoms with Crippen molar-refractivity contribution >= 4 is 43.4 Å². The summed E-state index contributed by atoms with van der Waals surface area (Å²) < 4.78 is 0.868. The predicted molar refractivity (Wildman–Crippen MR) is 138 cm³/mol. The molecule has 2 heterocycles. The summed E-state index contributed by atoms with van der Waals surface area (Å²) >= 11 is 3.53. The molecule has 0 amide bonds. The Kier molecular flexibility index (Phi) is 6.29. The topological polar surface area (TPSA) is 78.0 Å². The Hall–Kier alpha value is -3.14. The molecule has 4 rings (SSSR count). The minimum absolute atomic E-state index is 0.00884. The van der Waals surface area contributed by atoms with Crippen LogP contribution in [0, 0.1) is 17.3 Å². The van der Waals surface area contributed by atoms with Crippen molar-refractivity contribution in [1.82, 2.24) is 9.97 Å². The highest BCUT2D eigenvalue weighted by Gasteiger charge is 2.22. The Morgan fingerprint density at radius 1 is 1.12 bits per heavy atom.